The molecule has 0 fully saturated rings. The Morgan fingerprint density at radius 1 is 0.711 bits per heavy atom. The van der Waals surface area contributed by atoms with E-state index in [4.69, 9.17) is 9.47 Å². The molecule has 0 aliphatic heterocycles. The third-order valence-electron chi connectivity index (χ3n) is 5.93. The first-order chi connectivity index (χ1) is 18.2. The third kappa shape index (κ3) is 6.14. The van der Waals surface area contributed by atoms with Crippen LogP contribution in [-0.4, -0.2) is 37.0 Å². The van der Waals surface area contributed by atoms with E-state index in [1.807, 2.05) is 27.7 Å². The molecule has 0 radical (unpaired) electrons. The zero-order valence-electron chi connectivity index (χ0n) is 22.4. The van der Waals surface area contributed by atoms with Crippen LogP contribution in [0.4, 0.5) is 10.0 Å². The lowest BCUT2D eigenvalue weighted by molar-refractivity contribution is 0.0517. The van der Waals surface area contributed by atoms with Crippen LogP contribution in [0.15, 0.2) is 24.3 Å². The quantitative estimate of drug-likeness (QED) is 0.279. The van der Waals surface area contributed by atoms with Gasteiger partial charge in [0.1, 0.15) is 10.0 Å². The Hall–Kier alpha value is -3.50. The van der Waals surface area contributed by atoms with E-state index in [2.05, 4.69) is 10.6 Å². The molecule has 3 aromatic rings. The maximum atomic E-state index is 13.1. The fraction of sp³-hybridized carbons (Fsp3) is 0.357. The van der Waals surface area contributed by atoms with Gasteiger partial charge in [-0.3, -0.25) is 9.59 Å². The van der Waals surface area contributed by atoms with Gasteiger partial charge >= 0.3 is 11.9 Å². The molecule has 0 aliphatic rings. The van der Waals surface area contributed by atoms with E-state index < -0.39 is 23.8 Å². The van der Waals surface area contributed by atoms with Crippen molar-refractivity contribution in [2.45, 2.75) is 54.4 Å². The zero-order valence-corrected chi connectivity index (χ0v) is 24.0. The Balaban J connectivity index is 1.87. The van der Waals surface area contributed by atoms with Crippen LogP contribution in [0.1, 0.15) is 90.0 Å². The van der Waals surface area contributed by atoms with E-state index >= 15 is 0 Å². The minimum Gasteiger partial charge on any atom is -0.462 e. The summed E-state index contributed by atoms with van der Waals surface area (Å²) in [6.07, 6.45) is 1.25. The van der Waals surface area contributed by atoms with Crippen LogP contribution in [0.5, 0.6) is 0 Å². The molecule has 2 N–H and O–H groups in total. The minimum absolute atomic E-state index is 0.225. The Morgan fingerprint density at radius 3 is 1.45 bits per heavy atom. The number of hydrogen-bond donors (Lipinski definition) is 2. The van der Waals surface area contributed by atoms with E-state index in [-0.39, 0.29) is 24.3 Å². The average molecular weight is 557 g/mol. The maximum absolute atomic E-state index is 13.1. The summed E-state index contributed by atoms with van der Waals surface area (Å²) < 4.78 is 10.4. The Bertz CT molecular complexity index is 1270. The Kier molecular flexibility index (Phi) is 9.82. The van der Waals surface area contributed by atoms with Crippen molar-refractivity contribution in [3.63, 3.8) is 0 Å². The van der Waals surface area contributed by atoms with Gasteiger partial charge in [-0.15, -0.1) is 22.7 Å². The number of carbonyl (C=O) groups is 4. The van der Waals surface area contributed by atoms with Gasteiger partial charge < -0.3 is 20.1 Å². The van der Waals surface area contributed by atoms with Crippen LogP contribution in [0.2, 0.25) is 0 Å². The average Bonchev–Trinajstić information content (AvgIpc) is 3.38. The molecule has 0 atom stereocenters. The summed E-state index contributed by atoms with van der Waals surface area (Å²) in [5.41, 5.74) is 2.91. The molecule has 0 saturated carbocycles. The summed E-state index contributed by atoms with van der Waals surface area (Å²) in [5.74, 6) is -1.87. The van der Waals surface area contributed by atoms with E-state index in [1.54, 1.807) is 32.0 Å². The van der Waals surface area contributed by atoms with Crippen LogP contribution in [0, 0.1) is 13.8 Å². The molecule has 0 aliphatic carbocycles. The Morgan fingerprint density at radius 2 is 1.11 bits per heavy atom. The van der Waals surface area contributed by atoms with Gasteiger partial charge in [0, 0.05) is 20.9 Å². The molecule has 1 aromatic carbocycles. The van der Waals surface area contributed by atoms with Crippen LogP contribution >= 0.6 is 22.7 Å². The smallest absolute Gasteiger partial charge is 0.341 e. The second-order valence-electron chi connectivity index (χ2n) is 8.32. The summed E-state index contributed by atoms with van der Waals surface area (Å²) in [6.45, 7) is 11.6. The van der Waals surface area contributed by atoms with Gasteiger partial charge in [0.05, 0.1) is 24.3 Å². The van der Waals surface area contributed by atoms with Crippen molar-refractivity contribution in [3.05, 3.63) is 67.4 Å². The number of rotatable bonds is 10. The second-order valence-corrected chi connectivity index (χ2v) is 10.8. The predicted octanol–water partition coefficient (Wildman–Crippen LogP) is 6.41. The van der Waals surface area contributed by atoms with Gasteiger partial charge in [0.25, 0.3) is 11.8 Å². The van der Waals surface area contributed by atoms with E-state index in [0.29, 0.717) is 34.0 Å². The highest BCUT2D eigenvalue weighted by atomic mass is 32.1. The number of thiophene rings is 2. The van der Waals surface area contributed by atoms with Crippen molar-refractivity contribution in [2.75, 3.05) is 23.8 Å². The molecule has 10 heteroatoms. The lowest BCUT2D eigenvalue weighted by Crippen LogP contribution is -2.18. The number of amides is 2. The monoisotopic (exact) mass is 556 g/mol. The number of hydrogen-bond acceptors (Lipinski definition) is 8. The van der Waals surface area contributed by atoms with Crippen molar-refractivity contribution in [2.24, 2.45) is 0 Å². The first kappa shape index (κ1) is 29.1. The standard InChI is InChI=1S/C28H32N2O6S2/c1-7-19-15(5)37-25(21(19)27(33)35-9-3)29-23(31)17-12-11-13-18(14-17)24(32)30-26-22(28(34)36-10-4)20(8-2)16(6)38-26/h11-14H,7-10H2,1-6H3,(H,29,31)(H,30,32). The van der Waals surface area contributed by atoms with Gasteiger partial charge in [0.2, 0.25) is 0 Å². The molecular weight excluding hydrogens is 524 g/mol. The normalized spacial score (nSPS) is 10.7. The van der Waals surface area contributed by atoms with Crippen LogP contribution in [0.3, 0.4) is 0 Å². The molecule has 2 heterocycles. The number of benzene rings is 1. The topological polar surface area (TPSA) is 111 Å². The third-order valence-corrected chi connectivity index (χ3v) is 8.05. The number of ether oxygens (including phenoxy) is 2. The maximum Gasteiger partial charge on any atom is 0.341 e. The fourth-order valence-electron chi connectivity index (χ4n) is 4.18. The predicted molar refractivity (Wildman–Crippen MR) is 151 cm³/mol. The Labute approximate surface area is 230 Å². The molecule has 0 spiro atoms. The highest BCUT2D eigenvalue weighted by Gasteiger charge is 2.25. The molecule has 0 unspecified atom stereocenters. The summed E-state index contributed by atoms with van der Waals surface area (Å²) in [6, 6.07) is 6.26. The molecular formula is C28H32N2O6S2. The summed E-state index contributed by atoms with van der Waals surface area (Å²) in [5, 5.41) is 6.47. The van der Waals surface area contributed by atoms with Gasteiger partial charge in [0.15, 0.2) is 0 Å². The summed E-state index contributed by atoms with van der Waals surface area (Å²) >= 11 is 2.63. The molecule has 3 rings (SSSR count). The van der Waals surface area contributed by atoms with Gasteiger partial charge in [-0.1, -0.05) is 19.9 Å². The van der Waals surface area contributed by atoms with Crippen LogP contribution < -0.4 is 10.6 Å². The lowest BCUT2D eigenvalue weighted by Gasteiger charge is -2.10. The van der Waals surface area contributed by atoms with Crippen molar-refractivity contribution in [1.29, 1.82) is 0 Å². The van der Waals surface area contributed by atoms with Crippen LogP contribution in [0.25, 0.3) is 0 Å². The molecule has 2 aromatic heterocycles. The molecule has 38 heavy (non-hydrogen) atoms. The SMILES string of the molecule is CCOC(=O)c1c(NC(=O)c2cccc(C(=O)Nc3sc(C)c(CC)c3C(=O)OCC)c2)sc(C)c1CC. The molecule has 0 bridgehead atoms. The molecule has 8 nitrogen and oxygen atoms in total. The van der Waals surface area contributed by atoms with E-state index in [9.17, 15) is 19.2 Å². The number of nitrogens with one attached hydrogen (secondary N) is 2. The summed E-state index contributed by atoms with van der Waals surface area (Å²) in [7, 11) is 0. The van der Waals surface area contributed by atoms with Gasteiger partial charge in [-0.05, 0) is 69.9 Å². The first-order valence-electron chi connectivity index (χ1n) is 12.5. The van der Waals surface area contributed by atoms with Crippen molar-refractivity contribution in [1.82, 2.24) is 0 Å². The van der Waals surface area contributed by atoms with Crippen molar-refractivity contribution >= 4 is 56.4 Å². The summed E-state index contributed by atoms with van der Waals surface area (Å²) in [4.78, 5) is 53.3. The molecule has 202 valence electrons. The van der Waals surface area contributed by atoms with Gasteiger partial charge in [-0.2, -0.15) is 0 Å². The number of carbonyl (C=O) groups excluding carboxylic acids is 4. The molecule has 2 amide bonds. The number of anilines is 2. The minimum atomic E-state index is -0.479. The number of esters is 2. The highest BCUT2D eigenvalue weighted by Crippen LogP contribution is 2.35. The fourth-order valence-corrected chi connectivity index (χ4v) is 6.43. The largest absolute Gasteiger partial charge is 0.462 e. The molecule has 0 saturated heterocycles. The zero-order chi connectivity index (χ0) is 28.0. The second kappa shape index (κ2) is 12.8. The van der Waals surface area contributed by atoms with E-state index in [1.165, 1.54) is 28.7 Å². The highest BCUT2D eigenvalue weighted by molar-refractivity contribution is 7.17. The van der Waals surface area contributed by atoms with Gasteiger partial charge in [-0.25, -0.2) is 9.59 Å². The van der Waals surface area contributed by atoms with E-state index in [0.717, 1.165) is 20.9 Å². The van der Waals surface area contributed by atoms with Crippen molar-refractivity contribution < 1.29 is 28.7 Å². The number of aryl methyl sites for hydroxylation is 2. The first-order valence-corrected chi connectivity index (χ1v) is 14.1. The van der Waals surface area contributed by atoms with Crippen LogP contribution in [-0.2, 0) is 22.3 Å². The lowest BCUT2D eigenvalue weighted by atomic mass is 10.1. The van der Waals surface area contributed by atoms with Crippen molar-refractivity contribution in [3.8, 4) is 0 Å².